The number of benzene rings is 1. The summed E-state index contributed by atoms with van der Waals surface area (Å²) in [6.07, 6.45) is 7.38. The number of amides is 1. The van der Waals surface area contributed by atoms with Gasteiger partial charge in [-0.2, -0.15) is 10.2 Å². The molecule has 6 rings (SSSR count). The average molecular weight is 407 g/mol. The van der Waals surface area contributed by atoms with Gasteiger partial charge in [-0.05, 0) is 49.8 Å². The number of aromatic nitrogens is 4. The summed E-state index contributed by atoms with van der Waals surface area (Å²) >= 11 is 0. The first-order valence-corrected chi connectivity index (χ1v) is 10.2. The maximum atomic E-state index is 14.6. The Morgan fingerprint density at radius 1 is 1.17 bits per heavy atom. The number of hydrogen-bond acceptors (Lipinski definition) is 5. The summed E-state index contributed by atoms with van der Waals surface area (Å²) in [7, 11) is 0. The van der Waals surface area contributed by atoms with Gasteiger partial charge in [-0.25, -0.2) is 9.37 Å². The Hall–Kier alpha value is -3.29. The van der Waals surface area contributed by atoms with Crippen molar-refractivity contribution in [2.75, 3.05) is 6.54 Å². The Bertz CT molecular complexity index is 1050. The quantitative estimate of drug-likeness (QED) is 0.664. The van der Waals surface area contributed by atoms with Crippen LogP contribution in [0.25, 0.3) is 5.69 Å². The van der Waals surface area contributed by atoms with Crippen molar-refractivity contribution in [3.05, 3.63) is 65.9 Å². The SMILES string of the molecule is Cc1ccc(O[C@@H]2CC3CC[C@@H]2N(C(=O)c2cccc(F)c2-n2nccn2)C3)nc1. The molecule has 3 atom stereocenters. The van der Waals surface area contributed by atoms with E-state index in [2.05, 4.69) is 15.2 Å². The third-order valence-corrected chi connectivity index (χ3v) is 5.97. The van der Waals surface area contributed by atoms with Crippen LogP contribution in [0.2, 0.25) is 0 Å². The standard InChI is InChI=1S/C22H22FN5O2/c1-14-5-8-20(24-12-14)30-19-11-15-6-7-18(19)27(13-15)22(29)16-3-2-4-17(23)21(16)28-25-9-10-26-28/h2-5,8-10,12,15,18-19H,6-7,11,13H2,1H3/t15?,18-,19+/m0/s1. The Labute approximate surface area is 173 Å². The number of nitrogens with zero attached hydrogens (tertiary/aromatic N) is 5. The zero-order valence-electron chi connectivity index (χ0n) is 16.6. The summed E-state index contributed by atoms with van der Waals surface area (Å²) in [6.45, 7) is 2.62. The maximum absolute atomic E-state index is 14.6. The fourth-order valence-electron chi connectivity index (χ4n) is 4.55. The van der Waals surface area contributed by atoms with E-state index >= 15 is 0 Å². The number of carbonyl (C=O) groups is 1. The van der Waals surface area contributed by atoms with Crippen LogP contribution in [-0.2, 0) is 0 Å². The van der Waals surface area contributed by atoms with Gasteiger partial charge in [-0.1, -0.05) is 12.1 Å². The Morgan fingerprint density at radius 3 is 2.73 bits per heavy atom. The van der Waals surface area contributed by atoms with Crippen molar-refractivity contribution in [2.45, 2.75) is 38.3 Å². The van der Waals surface area contributed by atoms with E-state index in [1.54, 1.807) is 18.3 Å². The van der Waals surface area contributed by atoms with Gasteiger partial charge < -0.3 is 9.64 Å². The van der Waals surface area contributed by atoms with Crippen LogP contribution in [0.1, 0.15) is 35.2 Å². The van der Waals surface area contributed by atoms with Gasteiger partial charge in [0.2, 0.25) is 5.88 Å². The number of halogens is 1. The monoisotopic (exact) mass is 407 g/mol. The Balaban J connectivity index is 1.44. The molecule has 1 aliphatic carbocycles. The number of ether oxygens (including phenoxy) is 1. The number of para-hydroxylation sites is 1. The zero-order chi connectivity index (χ0) is 20.7. The summed E-state index contributed by atoms with van der Waals surface area (Å²) in [5.41, 5.74) is 1.40. The molecule has 2 saturated heterocycles. The van der Waals surface area contributed by atoms with Crippen molar-refractivity contribution in [3.63, 3.8) is 0 Å². The van der Waals surface area contributed by atoms with Crippen molar-refractivity contribution >= 4 is 5.91 Å². The first kappa shape index (κ1) is 18.7. The molecule has 2 bridgehead atoms. The van der Waals surface area contributed by atoms with E-state index in [1.807, 2.05) is 24.0 Å². The molecule has 2 aromatic heterocycles. The predicted molar refractivity (Wildman–Crippen MR) is 107 cm³/mol. The second kappa shape index (κ2) is 7.51. The molecule has 7 nitrogen and oxygen atoms in total. The van der Waals surface area contributed by atoms with Gasteiger partial charge in [-0.15, -0.1) is 4.80 Å². The molecule has 3 fully saturated rings. The normalized spacial score (nSPS) is 22.9. The number of carbonyl (C=O) groups excluding carboxylic acids is 1. The molecule has 2 aliphatic heterocycles. The topological polar surface area (TPSA) is 73.1 Å². The van der Waals surface area contributed by atoms with Gasteiger partial charge in [0.05, 0.1) is 24.0 Å². The van der Waals surface area contributed by atoms with Gasteiger partial charge in [0, 0.05) is 18.8 Å². The third-order valence-electron chi connectivity index (χ3n) is 5.97. The van der Waals surface area contributed by atoms with Crippen molar-refractivity contribution in [1.29, 1.82) is 0 Å². The van der Waals surface area contributed by atoms with Gasteiger partial charge in [-0.3, -0.25) is 4.79 Å². The van der Waals surface area contributed by atoms with E-state index in [0.717, 1.165) is 29.6 Å². The van der Waals surface area contributed by atoms with Crippen molar-refractivity contribution in [3.8, 4) is 11.6 Å². The van der Waals surface area contributed by atoms with Crippen LogP contribution in [-0.4, -0.2) is 49.5 Å². The molecule has 154 valence electrons. The minimum absolute atomic E-state index is 0.0756. The Morgan fingerprint density at radius 2 is 2.00 bits per heavy atom. The minimum Gasteiger partial charge on any atom is -0.472 e. The molecular weight excluding hydrogens is 385 g/mol. The number of rotatable bonds is 4. The summed E-state index contributed by atoms with van der Waals surface area (Å²) < 4.78 is 20.8. The number of aryl methyl sites for hydroxylation is 1. The maximum Gasteiger partial charge on any atom is 0.256 e. The second-order valence-corrected chi connectivity index (χ2v) is 7.99. The molecule has 3 aliphatic rings. The highest BCUT2D eigenvalue weighted by Crippen LogP contribution is 2.38. The summed E-state index contributed by atoms with van der Waals surface area (Å²) in [4.78, 5) is 20.9. The largest absolute Gasteiger partial charge is 0.472 e. The van der Waals surface area contributed by atoms with E-state index < -0.39 is 5.82 Å². The smallest absolute Gasteiger partial charge is 0.256 e. The third kappa shape index (κ3) is 3.32. The van der Waals surface area contributed by atoms with Gasteiger partial charge in [0.25, 0.3) is 5.91 Å². The lowest BCUT2D eigenvalue weighted by molar-refractivity contribution is -0.0313. The van der Waals surface area contributed by atoms with E-state index in [-0.39, 0.29) is 29.3 Å². The average Bonchev–Trinajstić information content (AvgIpc) is 3.29. The fraction of sp³-hybridized carbons (Fsp3) is 0.364. The second-order valence-electron chi connectivity index (χ2n) is 7.99. The molecule has 0 radical (unpaired) electrons. The lowest BCUT2D eigenvalue weighted by Gasteiger charge is -2.49. The zero-order valence-corrected chi connectivity index (χ0v) is 16.6. The molecule has 1 amide bonds. The summed E-state index contributed by atoms with van der Waals surface area (Å²) in [5.74, 6) is 0.171. The van der Waals surface area contributed by atoms with Crippen LogP contribution in [0, 0.1) is 18.7 Å². The molecule has 30 heavy (non-hydrogen) atoms. The molecule has 1 aromatic carbocycles. The number of pyridine rings is 1. The Kier molecular flexibility index (Phi) is 4.69. The van der Waals surface area contributed by atoms with Gasteiger partial charge >= 0.3 is 0 Å². The fourth-order valence-corrected chi connectivity index (χ4v) is 4.55. The molecule has 8 heteroatoms. The molecule has 0 spiro atoms. The molecule has 1 unspecified atom stereocenters. The first-order valence-electron chi connectivity index (χ1n) is 10.2. The van der Waals surface area contributed by atoms with Crippen LogP contribution < -0.4 is 4.74 Å². The van der Waals surface area contributed by atoms with Gasteiger partial charge in [0.1, 0.15) is 11.8 Å². The predicted octanol–water partition coefficient (Wildman–Crippen LogP) is 3.18. The van der Waals surface area contributed by atoms with Crippen LogP contribution in [0.5, 0.6) is 5.88 Å². The number of fused-ring (bicyclic) bond motifs is 3. The highest BCUT2D eigenvalue weighted by molar-refractivity contribution is 5.98. The summed E-state index contributed by atoms with van der Waals surface area (Å²) in [5, 5.41) is 8.05. The molecule has 4 heterocycles. The van der Waals surface area contributed by atoms with E-state index in [9.17, 15) is 9.18 Å². The van der Waals surface area contributed by atoms with E-state index in [1.165, 1.54) is 18.5 Å². The van der Waals surface area contributed by atoms with E-state index in [4.69, 9.17) is 4.74 Å². The van der Waals surface area contributed by atoms with Crippen LogP contribution in [0.4, 0.5) is 4.39 Å². The highest BCUT2D eigenvalue weighted by Gasteiger charge is 2.45. The lowest BCUT2D eigenvalue weighted by Crippen LogP contribution is -2.59. The van der Waals surface area contributed by atoms with Crippen LogP contribution in [0.15, 0.2) is 48.9 Å². The molecule has 1 saturated carbocycles. The van der Waals surface area contributed by atoms with Crippen LogP contribution >= 0.6 is 0 Å². The molecular formula is C22H22FN5O2. The van der Waals surface area contributed by atoms with Crippen molar-refractivity contribution < 1.29 is 13.9 Å². The molecule has 0 N–H and O–H groups in total. The highest BCUT2D eigenvalue weighted by atomic mass is 19.1. The van der Waals surface area contributed by atoms with Gasteiger partial charge in [0.15, 0.2) is 5.82 Å². The minimum atomic E-state index is -0.532. The van der Waals surface area contributed by atoms with Crippen molar-refractivity contribution in [1.82, 2.24) is 24.9 Å². The molecule has 3 aromatic rings. The summed E-state index contributed by atoms with van der Waals surface area (Å²) in [6, 6.07) is 8.23. The lowest BCUT2D eigenvalue weighted by atomic mass is 9.77. The van der Waals surface area contributed by atoms with Crippen LogP contribution in [0.3, 0.4) is 0 Å². The number of hydrogen-bond donors (Lipinski definition) is 0. The van der Waals surface area contributed by atoms with Crippen molar-refractivity contribution in [2.24, 2.45) is 5.92 Å². The number of piperidine rings is 2. The van der Waals surface area contributed by atoms with E-state index in [0.29, 0.717) is 18.3 Å². The first-order chi connectivity index (χ1) is 14.6.